The number of nitrogens with one attached hydrogen (secondary N) is 1. The standard InChI is InChI=1S/C28H30Cl3N3O4S/c1-4-25(28(36)32-5-2)33(17-20-10-11-22(30)16-24(20)31)27(35)18-34(26-9-7-6-8-19(26)3)39(37,38)23-14-12-21(29)13-15-23/h6-16,25H,4-5,17-18H2,1-3H3,(H,32,36)/t25-/m1/s1. The molecule has 7 nitrogen and oxygen atoms in total. The van der Waals surface area contributed by atoms with Gasteiger partial charge in [-0.2, -0.15) is 0 Å². The molecule has 0 saturated carbocycles. The van der Waals surface area contributed by atoms with Crippen LogP contribution in [-0.2, 0) is 26.2 Å². The van der Waals surface area contributed by atoms with Crippen molar-refractivity contribution < 1.29 is 18.0 Å². The molecule has 0 bridgehead atoms. The van der Waals surface area contributed by atoms with Crippen molar-refractivity contribution in [3.05, 3.63) is 92.9 Å². The highest BCUT2D eigenvalue weighted by Crippen LogP contribution is 2.29. The van der Waals surface area contributed by atoms with E-state index in [4.69, 9.17) is 34.8 Å². The minimum atomic E-state index is -4.19. The molecule has 0 saturated heterocycles. The quantitative estimate of drug-likeness (QED) is 0.285. The first-order valence-electron chi connectivity index (χ1n) is 12.3. The molecule has 1 atom stereocenters. The summed E-state index contributed by atoms with van der Waals surface area (Å²) in [5.41, 5.74) is 1.57. The molecular weight excluding hydrogens is 581 g/mol. The van der Waals surface area contributed by atoms with Gasteiger partial charge in [0.2, 0.25) is 11.8 Å². The highest BCUT2D eigenvalue weighted by molar-refractivity contribution is 7.92. The van der Waals surface area contributed by atoms with Gasteiger partial charge in [0.1, 0.15) is 12.6 Å². The van der Waals surface area contributed by atoms with Crippen LogP contribution in [0.3, 0.4) is 0 Å². The minimum Gasteiger partial charge on any atom is -0.355 e. The molecule has 208 valence electrons. The molecule has 2 amide bonds. The maximum absolute atomic E-state index is 14.0. The van der Waals surface area contributed by atoms with Gasteiger partial charge in [-0.3, -0.25) is 13.9 Å². The number of nitrogens with zero attached hydrogens (tertiary/aromatic N) is 2. The Kier molecular flexibility index (Phi) is 10.7. The van der Waals surface area contributed by atoms with E-state index < -0.39 is 28.5 Å². The van der Waals surface area contributed by atoms with Crippen LogP contribution in [0.2, 0.25) is 15.1 Å². The van der Waals surface area contributed by atoms with Gasteiger partial charge in [-0.15, -0.1) is 0 Å². The van der Waals surface area contributed by atoms with Gasteiger partial charge in [-0.05, 0) is 73.9 Å². The van der Waals surface area contributed by atoms with Crippen LogP contribution in [0, 0.1) is 6.92 Å². The minimum absolute atomic E-state index is 0.0208. The van der Waals surface area contributed by atoms with Crippen molar-refractivity contribution in [2.45, 2.75) is 44.7 Å². The smallest absolute Gasteiger partial charge is 0.264 e. The molecule has 3 aromatic carbocycles. The number of likely N-dealkylation sites (N-methyl/N-ethyl adjacent to an activating group) is 1. The fourth-order valence-corrected chi connectivity index (χ4v) is 6.21. The van der Waals surface area contributed by atoms with Crippen molar-refractivity contribution in [2.75, 3.05) is 17.4 Å². The lowest BCUT2D eigenvalue weighted by Crippen LogP contribution is -2.52. The Bertz CT molecular complexity index is 1430. The zero-order valence-electron chi connectivity index (χ0n) is 21.8. The van der Waals surface area contributed by atoms with E-state index in [-0.39, 0.29) is 17.3 Å². The third-order valence-electron chi connectivity index (χ3n) is 6.16. The van der Waals surface area contributed by atoms with Crippen LogP contribution < -0.4 is 9.62 Å². The number of benzene rings is 3. The molecule has 39 heavy (non-hydrogen) atoms. The molecule has 0 spiro atoms. The second kappa shape index (κ2) is 13.5. The number of carbonyl (C=O) groups is 2. The lowest BCUT2D eigenvalue weighted by Gasteiger charge is -2.33. The molecule has 1 N–H and O–H groups in total. The zero-order chi connectivity index (χ0) is 28.7. The van der Waals surface area contributed by atoms with E-state index in [1.54, 1.807) is 63.2 Å². The van der Waals surface area contributed by atoms with E-state index in [2.05, 4.69) is 5.32 Å². The Morgan fingerprint density at radius 1 is 0.923 bits per heavy atom. The molecule has 0 unspecified atom stereocenters. The van der Waals surface area contributed by atoms with Crippen LogP contribution >= 0.6 is 34.8 Å². The molecule has 11 heteroatoms. The molecule has 3 aromatic rings. The fourth-order valence-electron chi connectivity index (χ4n) is 4.14. The summed E-state index contributed by atoms with van der Waals surface area (Å²) in [6.07, 6.45) is 0.303. The Morgan fingerprint density at radius 2 is 1.56 bits per heavy atom. The van der Waals surface area contributed by atoms with Crippen LogP contribution in [-0.4, -0.2) is 44.3 Å². The number of aryl methyl sites for hydroxylation is 1. The summed E-state index contributed by atoms with van der Waals surface area (Å²) in [5, 5.41) is 3.90. The normalized spacial score (nSPS) is 12.1. The molecule has 0 aromatic heterocycles. The van der Waals surface area contributed by atoms with E-state index >= 15 is 0 Å². The Labute approximate surface area is 244 Å². The molecule has 0 heterocycles. The van der Waals surface area contributed by atoms with Gasteiger partial charge in [-0.1, -0.05) is 66.0 Å². The maximum atomic E-state index is 14.0. The monoisotopic (exact) mass is 609 g/mol. The number of carbonyl (C=O) groups excluding carboxylic acids is 2. The first-order chi connectivity index (χ1) is 18.5. The summed E-state index contributed by atoms with van der Waals surface area (Å²) in [5.74, 6) is -0.915. The molecular formula is C28H30Cl3N3O4S. The van der Waals surface area contributed by atoms with E-state index in [0.717, 1.165) is 4.31 Å². The van der Waals surface area contributed by atoms with Crippen LogP contribution in [0.5, 0.6) is 0 Å². The third-order valence-corrected chi connectivity index (χ3v) is 8.77. The molecule has 0 fully saturated rings. The van der Waals surface area contributed by atoms with Crippen LogP contribution in [0.15, 0.2) is 71.6 Å². The second-order valence-corrected chi connectivity index (χ2v) is 12.0. The molecule has 0 aliphatic heterocycles. The summed E-state index contributed by atoms with van der Waals surface area (Å²) in [6.45, 7) is 5.14. The Morgan fingerprint density at radius 3 is 2.15 bits per heavy atom. The molecule has 0 aliphatic rings. The predicted molar refractivity (Wildman–Crippen MR) is 157 cm³/mol. The van der Waals surface area contributed by atoms with Crippen molar-refractivity contribution in [1.82, 2.24) is 10.2 Å². The number of hydrogen-bond acceptors (Lipinski definition) is 4. The number of rotatable bonds is 11. The number of para-hydroxylation sites is 1. The van der Waals surface area contributed by atoms with Gasteiger partial charge >= 0.3 is 0 Å². The van der Waals surface area contributed by atoms with Gasteiger partial charge in [0.15, 0.2) is 0 Å². The number of hydrogen-bond donors (Lipinski definition) is 1. The summed E-state index contributed by atoms with van der Waals surface area (Å²) in [4.78, 5) is 28.4. The number of amides is 2. The van der Waals surface area contributed by atoms with Crippen LogP contribution in [0.4, 0.5) is 5.69 Å². The summed E-state index contributed by atoms with van der Waals surface area (Å²) in [7, 11) is -4.19. The van der Waals surface area contributed by atoms with Crippen molar-refractivity contribution >= 4 is 62.3 Å². The van der Waals surface area contributed by atoms with Gasteiger partial charge in [-0.25, -0.2) is 8.42 Å². The maximum Gasteiger partial charge on any atom is 0.264 e. The van der Waals surface area contributed by atoms with E-state index in [0.29, 0.717) is 44.8 Å². The first kappa shape index (κ1) is 30.8. The zero-order valence-corrected chi connectivity index (χ0v) is 24.9. The summed E-state index contributed by atoms with van der Waals surface area (Å²) in [6, 6.07) is 16.6. The largest absolute Gasteiger partial charge is 0.355 e. The highest BCUT2D eigenvalue weighted by atomic mass is 35.5. The van der Waals surface area contributed by atoms with Crippen molar-refractivity contribution in [1.29, 1.82) is 0 Å². The third kappa shape index (κ3) is 7.45. The summed E-state index contributed by atoms with van der Waals surface area (Å²) < 4.78 is 28.8. The average Bonchev–Trinajstić information content (AvgIpc) is 2.89. The molecule has 0 radical (unpaired) electrons. The second-order valence-electron chi connectivity index (χ2n) is 8.83. The number of halogens is 3. The number of anilines is 1. The lowest BCUT2D eigenvalue weighted by atomic mass is 10.1. The highest BCUT2D eigenvalue weighted by Gasteiger charge is 2.34. The molecule has 3 rings (SSSR count). The number of sulfonamides is 1. The van der Waals surface area contributed by atoms with Crippen LogP contribution in [0.1, 0.15) is 31.4 Å². The van der Waals surface area contributed by atoms with Crippen molar-refractivity contribution in [2.24, 2.45) is 0 Å². The summed E-state index contributed by atoms with van der Waals surface area (Å²) >= 11 is 18.5. The van der Waals surface area contributed by atoms with E-state index in [1.807, 2.05) is 0 Å². The lowest BCUT2D eigenvalue weighted by molar-refractivity contribution is -0.140. The first-order valence-corrected chi connectivity index (χ1v) is 14.9. The fraction of sp³-hybridized carbons (Fsp3) is 0.286. The van der Waals surface area contributed by atoms with Gasteiger partial charge in [0.05, 0.1) is 10.6 Å². The Balaban J connectivity index is 2.09. The predicted octanol–water partition coefficient (Wildman–Crippen LogP) is 6.09. The van der Waals surface area contributed by atoms with Gasteiger partial charge in [0.25, 0.3) is 10.0 Å². The van der Waals surface area contributed by atoms with E-state index in [9.17, 15) is 18.0 Å². The van der Waals surface area contributed by atoms with Crippen molar-refractivity contribution in [3.8, 4) is 0 Å². The van der Waals surface area contributed by atoms with Gasteiger partial charge < -0.3 is 10.2 Å². The van der Waals surface area contributed by atoms with E-state index in [1.165, 1.54) is 29.2 Å². The average molecular weight is 611 g/mol. The SMILES string of the molecule is CCNC(=O)[C@@H](CC)N(Cc1ccc(Cl)cc1Cl)C(=O)CN(c1ccccc1C)S(=O)(=O)c1ccc(Cl)cc1. The van der Waals surface area contributed by atoms with Crippen LogP contribution in [0.25, 0.3) is 0 Å². The topological polar surface area (TPSA) is 86.8 Å². The van der Waals surface area contributed by atoms with Crippen molar-refractivity contribution in [3.63, 3.8) is 0 Å². The van der Waals surface area contributed by atoms with Gasteiger partial charge in [0, 0.05) is 28.2 Å². The molecule has 0 aliphatic carbocycles. The Hall–Kier alpha value is -2.78.